The minimum atomic E-state index is -3.10. The number of aliphatic hydroxyl groups is 3. The van der Waals surface area contributed by atoms with E-state index in [2.05, 4.69) is 5.32 Å². The summed E-state index contributed by atoms with van der Waals surface area (Å²) in [5.74, 6) is -5.37. The topological polar surface area (TPSA) is 168 Å². The standard InChI is InChI=1S/C12H23F2N3O6/c1-5(19)17-8(6(15)3-13)10(9(21)7(20)4-18)23-12(2,14)11(16)22/h6-10,18,20-21H,3-4,15H2,1-2H3,(H2,16,22)(H,17,19)/t6-,7-,8-,9-,10?,12-/m1/s1. The molecule has 0 bridgehead atoms. The second kappa shape index (κ2) is 9.03. The molecule has 0 heterocycles. The summed E-state index contributed by atoms with van der Waals surface area (Å²) in [6.07, 6.45) is -5.69. The zero-order valence-electron chi connectivity index (χ0n) is 12.8. The number of halogens is 2. The van der Waals surface area contributed by atoms with Crippen molar-refractivity contribution in [3.63, 3.8) is 0 Å². The molecule has 0 saturated carbocycles. The predicted octanol–water partition coefficient (Wildman–Crippen LogP) is -2.94. The predicted molar refractivity (Wildman–Crippen MR) is 74.2 cm³/mol. The number of ether oxygens (including phenoxy) is 1. The van der Waals surface area contributed by atoms with Gasteiger partial charge in [-0.3, -0.25) is 9.59 Å². The highest BCUT2D eigenvalue weighted by Gasteiger charge is 2.44. The van der Waals surface area contributed by atoms with Gasteiger partial charge in [-0.1, -0.05) is 0 Å². The summed E-state index contributed by atoms with van der Waals surface area (Å²) in [7, 11) is 0. The van der Waals surface area contributed by atoms with Gasteiger partial charge in [-0.25, -0.2) is 8.78 Å². The van der Waals surface area contributed by atoms with Crippen molar-refractivity contribution >= 4 is 11.8 Å². The molecule has 0 fully saturated rings. The van der Waals surface area contributed by atoms with Crippen LogP contribution in [0, 0.1) is 0 Å². The lowest BCUT2D eigenvalue weighted by atomic mass is 9.95. The summed E-state index contributed by atoms with van der Waals surface area (Å²) in [4.78, 5) is 22.3. The molecule has 1 unspecified atom stereocenters. The van der Waals surface area contributed by atoms with Gasteiger partial charge in [-0.05, 0) is 0 Å². The average molecular weight is 343 g/mol. The zero-order chi connectivity index (χ0) is 18.4. The molecule has 0 aliphatic rings. The van der Waals surface area contributed by atoms with Crippen LogP contribution in [-0.2, 0) is 14.3 Å². The number of nitrogens with one attached hydrogen (secondary N) is 1. The highest BCUT2D eigenvalue weighted by molar-refractivity contribution is 5.81. The third kappa shape index (κ3) is 6.31. The lowest BCUT2D eigenvalue weighted by Crippen LogP contribution is -2.63. The summed E-state index contributed by atoms with van der Waals surface area (Å²) in [5, 5.41) is 30.5. The van der Waals surface area contributed by atoms with Gasteiger partial charge in [0, 0.05) is 13.8 Å². The number of hydrogen-bond acceptors (Lipinski definition) is 7. The Morgan fingerprint density at radius 2 is 1.91 bits per heavy atom. The fourth-order valence-corrected chi connectivity index (χ4v) is 1.76. The molecular weight excluding hydrogens is 320 g/mol. The molecule has 0 rings (SSSR count). The lowest BCUT2D eigenvalue weighted by Gasteiger charge is -2.37. The third-order valence-corrected chi connectivity index (χ3v) is 3.08. The molecule has 0 spiro atoms. The molecule has 9 nitrogen and oxygen atoms in total. The molecular formula is C12H23F2N3O6. The van der Waals surface area contributed by atoms with Crippen molar-refractivity contribution in [2.24, 2.45) is 11.5 Å². The molecule has 8 N–H and O–H groups in total. The smallest absolute Gasteiger partial charge is 0.285 e. The number of primary amides is 1. The van der Waals surface area contributed by atoms with E-state index in [0.717, 1.165) is 6.92 Å². The summed E-state index contributed by atoms with van der Waals surface area (Å²) >= 11 is 0. The Balaban J connectivity index is 5.67. The first-order valence-electron chi connectivity index (χ1n) is 6.70. The Kier molecular flexibility index (Phi) is 8.48. The largest absolute Gasteiger partial charge is 0.394 e. The van der Waals surface area contributed by atoms with Crippen LogP contribution in [0.4, 0.5) is 8.78 Å². The average Bonchev–Trinajstić information content (AvgIpc) is 2.47. The van der Waals surface area contributed by atoms with Crippen molar-refractivity contribution in [2.75, 3.05) is 13.3 Å². The van der Waals surface area contributed by atoms with Crippen molar-refractivity contribution in [3.8, 4) is 0 Å². The Bertz CT molecular complexity index is 412. The summed E-state index contributed by atoms with van der Waals surface area (Å²) in [6.45, 7) is -0.455. The molecule has 0 aromatic carbocycles. The van der Waals surface area contributed by atoms with E-state index in [-0.39, 0.29) is 0 Å². The molecule has 0 aliphatic heterocycles. The minimum Gasteiger partial charge on any atom is -0.394 e. The summed E-state index contributed by atoms with van der Waals surface area (Å²) in [6, 6.07) is -2.96. The van der Waals surface area contributed by atoms with Gasteiger partial charge in [0.25, 0.3) is 11.8 Å². The van der Waals surface area contributed by atoms with E-state index in [4.69, 9.17) is 21.3 Å². The molecule has 0 aromatic heterocycles. The monoisotopic (exact) mass is 343 g/mol. The third-order valence-electron chi connectivity index (χ3n) is 3.08. The molecule has 0 radical (unpaired) electrons. The molecule has 11 heteroatoms. The number of nitrogens with two attached hydrogens (primary N) is 2. The molecule has 136 valence electrons. The van der Waals surface area contributed by atoms with E-state index in [1.807, 2.05) is 0 Å². The van der Waals surface area contributed by atoms with E-state index >= 15 is 0 Å². The first-order valence-corrected chi connectivity index (χ1v) is 6.70. The number of aliphatic hydroxyl groups excluding tert-OH is 3. The maximum absolute atomic E-state index is 14.1. The summed E-state index contributed by atoms with van der Waals surface area (Å²) < 4.78 is 31.7. The van der Waals surface area contributed by atoms with Crippen LogP contribution in [0.2, 0.25) is 0 Å². The van der Waals surface area contributed by atoms with E-state index in [1.165, 1.54) is 0 Å². The van der Waals surface area contributed by atoms with Crippen LogP contribution < -0.4 is 16.8 Å². The lowest BCUT2D eigenvalue weighted by molar-refractivity contribution is -0.215. The van der Waals surface area contributed by atoms with E-state index in [0.29, 0.717) is 6.92 Å². The Morgan fingerprint density at radius 3 is 2.26 bits per heavy atom. The van der Waals surface area contributed by atoms with Gasteiger partial charge in [0.05, 0.1) is 18.7 Å². The fraction of sp³-hybridized carbons (Fsp3) is 0.833. The number of rotatable bonds is 10. The number of carbonyl (C=O) groups excluding carboxylic acids is 2. The van der Waals surface area contributed by atoms with Crippen LogP contribution in [0.25, 0.3) is 0 Å². The Morgan fingerprint density at radius 1 is 1.39 bits per heavy atom. The number of amides is 2. The number of hydrogen-bond donors (Lipinski definition) is 6. The van der Waals surface area contributed by atoms with Gasteiger partial charge in [0.15, 0.2) is 0 Å². The number of alkyl halides is 2. The van der Waals surface area contributed by atoms with Gasteiger partial charge in [-0.2, -0.15) is 0 Å². The van der Waals surface area contributed by atoms with Crippen LogP contribution in [0.3, 0.4) is 0 Å². The van der Waals surface area contributed by atoms with Crippen LogP contribution in [0.5, 0.6) is 0 Å². The molecule has 23 heavy (non-hydrogen) atoms. The molecule has 0 saturated heterocycles. The SMILES string of the molecule is CC(=O)N[C@@H](C(O[C@@](C)(F)C(N)=O)[C@H](O)[C@H](O)CO)[C@H](N)CF. The van der Waals surface area contributed by atoms with Crippen LogP contribution in [-0.4, -0.2) is 76.7 Å². The van der Waals surface area contributed by atoms with Gasteiger partial charge >= 0.3 is 0 Å². The minimum absolute atomic E-state index is 0.631. The maximum atomic E-state index is 14.1. The van der Waals surface area contributed by atoms with Gasteiger partial charge in [0.1, 0.15) is 25.0 Å². The van der Waals surface area contributed by atoms with Gasteiger partial charge in [-0.15, -0.1) is 0 Å². The first kappa shape index (κ1) is 21.6. The van der Waals surface area contributed by atoms with Gasteiger partial charge in [0.2, 0.25) is 5.91 Å². The molecule has 0 aromatic rings. The highest BCUT2D eigenvalue weighted by atomic mass is 19.2. The highest BCUT2D eigenvalue weighted by Crippen LogP contribution is 2.21. The van der Waals surface area contributed by atoms with Crippen molar-refractivity contribution in [2.45, 2.75) is 50.1 Å². The quantitative estimate of drug-likeness (QED) is 0.246. The Hall–Kier alpha value is -1.40. The zero-order valence-corrected chi connectivity index (χ0v) is 12.8. The van der Waals surface area contributed by atoms with Crippen molar-refractivity contribution in [1.29, 1.82) is 0 Å². The molecule has 0 aliphatic carbocycles. The van der Waals surface area contributed by atoms with Crippen LogP contribution in [0.15, 0.2) is 0 Å². The fourth-order valence-electron chi connectivity index (χ4n) is 1.76. The normalized spacial score (nSPS) is 20.7. The van der Waals surface area contributed by atoms with Crippen molar-refractivity contribution in [1.82, 2.24) is 5.32 Å². The van der Waals surface area contributed by atoms with Crippen molar-refractivity contribution < 1.29 is 38.4 Å². The first-order chi connectivity index (χ1) is 10.5. The Labute approximate surface area is 131 Å². The second-order valence-electron chi connectivity index (χ2n) is 5.15. The van der Waals surface area contributed by atoms with E-state index in [1.54, 1.807) is 0 Å². The van der Waals surface area contributed by atoms with Gasteiger partial charge < -0.3 is 36.8 Å². The maximum Gasteiger partial charge on any atom is 0.285 e. The van der Waals surface area contributed by atoms with E-state index in [9.17, 15) is 28.6 Å². The number of carbonyl (C=O) groups is 2. The van der Waals surface area contributed by atoms with Crippen LogP contribution in [0.1, 0.15) is 13.8 Å². The van der Waals surface area contributed by atoms with E-state index < -0.39 is 61.3 Å². The molecule has 6 atom stereocenters. The van der Waals surface area contributed by atoms with Crippen molar-refractivity contribution in [3.05, 3.63) is 0 Å². The second-order valence-corrected chi connectivity index (χ2v) is 5.15. The summed E-state index contributed by atoms with van der Waals surface area (Å²) in [5.41, 5.74) is 10.3. The van der Waals surface area contributed by atoms with Crippen LogP contribution >= 0.6 is 0 Å². The molecule has 2 amide bonds.